The van der Waals surface area contributed by atoms with Crippen molar-refractivity contribution in [2.75, 3.05) is 44.1 Å². The van der Waals surface area contributed by atoms with Gasteiger partial charge in [-0.1, -0.05) is 0 Å². The molecule has 31 heavy (non-hydrogen) atoms. The molecule has 3 aromatic rings. The van der Waals surface area contributed by atoms with Crippen molar-refractivity contribution in [3.8, 4) is 17.2 Å². The predicted molar refractivity (Wildman–Crippen MR) is 112 cm³/mol. The normalized spacial score (nSPS) is 13.4. The molecule has 11 nitrogen and oxygen atoms in total. The number of hydrogen-bond donors (Lipinski definition) is 1. The number of urea groups is 1. The minimum Gasteiger partial charge on any atom is -0.493 e. The molecule has 1 fully saturated rings. The third-order valence-electron chi connectivity index (χ3n) is 4.87. The molecule has 0 radical (unpaired) electrons. The van der Waals surface area contributed by atoms with E-state index in [0.717, 1.165) is 5.69 Å². The number of carbonyl (C=O) groups is 2. The highest BCUT2D eigenvalue weighted by Gasteiger charge is 2.31. The molecule has 2 aromatic carbocycles. The van der Waals surface area contributed by atoms with Crippen molar-refractivity contribution < 1.29 is 19.1 Å². The summed E-state index contributed by atoms with van der Waals surface area (Å²) in [6.45, 7) is 0.873. The number of carbonyl (C=O) groups excluding carboxylic acids is 2. The van der Waals surface area contributed by atoms with Crippen LogP contribution in [-0.4, -0.2) is 70.9 Å². The van der Waals surface area contributed by atoms with Crippen molar-refractivity contribution in [1.82, 2.24) is 25.1 Å². The Balaban J connectivity index is 1.37. The monoisotopic (exact) mass is 423 g/mol. The zero-order valence-corrected chi connectivity index (χ0v) is 17.1. The molecule has 0 aliphatic carbocycles. The number of nitrogens with zero attached hydrogens (tertiary/aromatic N) is 6. The summed E-state index contributed by atoms with van der Waals surface area (Å²) in [5, 5.41) is 13.8. The molecule has 4 rings (SSSR count). The van der Waals surface area contributed by atoms with E-state index in [-0.39, 0.29) is 18.5 Å². The Morgan fingerprint density at radius 3 is 2.45 bits per heavy atom. The Hall–Kier alpha value is -4.15. The summed E-state index contributed by atoms with van der Waals surface area (Å²) in [4.78, 5) is 28.4. The second-order valence-electron chi connectivity index (χ2n) is 6.74. The highest BCUT2D eigenvalue weighted by Crippen LogP contribution is 2.32. The number of rotatable bonds is 7. The molecule has 1 saturated heterocycles. The summed E-state index contributed by atoms with van der Waals surface area (Å²) in [5.74, 6) is 0.840. The first kappa shape index (κ1) is 20.1. The molecule has 0 saturated carbocycles. The number of hydrogen-bond acceptors (Lipinski definition) is 7. The topological polar surface area (TPSA) is 115 Å². The molecule has 2 heterocycles. The van der Waals surface area contributed by atoms with Crippen LogP contribution in [0.2, 0.25) is 0 Å². The van der Waals surface area contributed by atoms with Crippen molar-refractivity contribution >= 4 is 23.3 Å². The molecule has 0 atom stereocenters. The number of methoxy groups -OCH3 is 2. The van der Waals surface area contributed by atoms with Crippen LogP contribution in [0.3, 0.4) is 0 Å². The number of benzene rings is 2. The average molecular weight is 423 g/mol. The highest BCUT2D eigenvalue weighted by atomic mass is 16.5. The van der Waals surface area contributed by atoms with Gasteiger partial charge in [-0.3, -0.25) is 9.69 Å². The molecule has 3 amide bonds. The van der Waals surface area contributed by atoms with Gasteiger partial charge in [0.1, 0.15) is 12.9 Å². The van der Waals surface area contributed by atoms with Gasteiger partial charge in [0.2, 0.25) is 5.91 Å². The summed E-state index contributed by atoms with van der Waals surface area (Å²) in [6.07, 6.45) is 1.48. The Morgan fingerprint density at radius 2 is 1.77 bits per heavy atom. The maximum atomic E-state index is 12.8. The maximum Gasteiger partial charge on any atom is 0.325 e. The number of anilines is 2. The van der Waals surface area contributed by atoms with Gasteiger partial charge in [0, 0.05) is 30.5 Å². The van der Waals surface area contributed by atoms with Crippen molar-refractivity contribution in [2.24, 2.45) is 0 Å². The van der Waals surface area contributed by atoms with Gasteiger partial charge in [0.15, 0.2) is 11.5 Å². The first-order valence-electron chi connectivity index (χ1n) is 9.51. The lowest BCUT2D eigenvalue weighted by atomic mass is 10.2. The van der Waals surface area contributed by atoms with Crippen LogP contribution in [-0.2, 0) is 4.79 Å². The maximum absolute atomic E-state index is 12.8. The summed E-state index contributed by atoms with van der Waals surface area (Å²) in [7, 11) is 3.09. The number of aromatic nitrogens is 4. The fourth-order valence-electron chi connectivity index (χ4n) is 3.31. The van der Waals surface area contributed by atoms with Crippen LogP contribution in [0.4, 0.5) is 16.2 Å². The summed E-state index contributed by atoms with van der Waals surface area (Å²) < 4.78 is 12.1. The molecule has 1 aromatic heterocycles. The lowest BCUT2D eigenvalue weighted by molar-refractivity contribution is -0.116. The largest absolute Gasteiger partial charge is 0.493 e. The first-order valence-corrected chi connectivity index (χ1v) is 9.51. The van der Waals surface area contributed by atoms with Crippen LogP contribution >= 0.6 is 0 Å². The van der Waals surface area contributed by atoms with E-state index in [0.29, 0.717) is 36.0 Å². The van der Waals surface area contributed by atoms with E-state index in [9.17, 15) is 9.59 Å². The lowest BCUT2D eigenvalue weighted by Gasteiger charge is -2.19. The molecular weight excluding hydrogens is 402 g/mol. The van der Waals surface area contributed by atoms with Crippen molar-refractivity contribution in [1.29, 1.82) is 0 Å². The molecule has 11 heteroatoms. The van der Waals surface area contributed by atoms with Crippen LogP contribution in [0.5, 0.6) is 11.5 Å². The quantitative estimate of drug-likeness (QED) is 0.613. The van der Waals surface area contributed by atoms with Gasteiger partial charge >= 0.3 is 6.03 Å². The second kappa shape index (κ2) is 8.69. The molecule has 0 spiro atoms. The Kier molecular flexibility index (Phi) is 5.65. The number of amides is 3. The highest BCUT2D eigenvalue weighted by molar-refractivity contribution is 5.99. The number of tetrazole rings is 1. The van der Waals surface area contributed by atoms with E-state index >= 15 is 0 Å². The summed E-state index contributed by atoms with van der Waals surface area (Å²) >= 11 is 0. The van der Waals surface area contributed by atoms with Crippen molar-refractivity contribution in [3.05, 3.63) is 48.8 Å². The number of nitrogens with one attached hydrogen (secondary N) is 1. The van der Waals surface area contributed by atoms with Crippen LogP contribution in [0.15, 0.2) is 48.8 Å². The van der Waals surface area contributed by atoms with Crippen LogP contribution in [0.25, 0.3) is 5.69 Å². The number of ether oxygens (including phenoxy) is 2. The van der Waals surface area contributed by atoms with E-state index in [1.807, 2.05) is 0 Å². The fraction of sp³-hybridized carbons (Fsp3) is 0.250. The molecule has 0 unspecified atom stereocenters. The lowest BCUT2D eigenvalue weighted by Crippen LogP contribution is -2.37. The van der Waals surface area contributed by atoms with Gasteiger partial charge in [-0.05, 0) is 46.8 Å². The van der Waals surface area contributed by atoms with Gasteiger partial charge in [0.05, 0.1) is 19.9 Å². The van der Waals surface area contributed by atoms with Crippen molar-refractivity contribution in [3.63, 3.8) is 0 Å². The van der Waals surface area contributed by atoms with Crippen molar-refractivity contribution in [2.45, 2.75) is 0 Å². The average Bonchev–Trinajstić information content (AvgIpc) is 3.45. The molecule has 1 aliphatic heterocycles. The summed E-state index contributed by atoms with van der Waals surface area (Å²) in [5.41, 5.74) is 2.07. The van der Waals surface area contributed by atoms with Crippen LogP contribution < -0.4 is 19.7 Å². The van der Waals surface area contributed by atoms with Gasteiger partial charge in [-0.25, -0.2) is 9.48 Å². The van der Waals surface area contributed by atoms with Gasteiger partial charge in [-0.2, -0.15) is 0 Å². The second-order valence-corrected chi connectivity index (χ2v) is 6.74. The molecular formula is C20H21N7O4. The van der Waals surface area contributed by atoms with Crippen LogP contribution in [0.1, 0.15) is 0 Å². The van der Waals surface area contributed by atoms with E-state index in [1.165, 1.54) is 15.9 Å². The zero-order chi connectivity index (χ0) is 21.8. The Labute approximate surface area is 178 Å². The molecule has 0 bridgehead atoms. The SMILES string of the molecule is COc1ccc(N2CCN(CC(=O)Nc3ccc(-n4cnnn4)cc3)C2=O)cc1OC. The Morgan fingerprint density at radius 1 is 1.03 bits per heavy atom. The third-order valence-corrected chi connectivity index (χ3v) is 4.87. The van der Waals surface area contributed by atoms with Gasteiger partial charge < -0.3 is 19.7 Å². The minimum atomic E-state index is -0.280. The Bertz CT molecular complexity index is 1070. The molecule has 160 valence electrons. The van der Waals surface area contributed by atoms with E-state index in [4.69, 9.17) is 9.47 Å². The standard InChI is InChI=1S/C20H21N7O4/c1-30-17-8-7-16(11-18(17)31-2)26-10-9-25(20(26)29)12-19(28)22-14-3-5-15(6-4-14)27-13-21-23-24-27/h3-8,11,13H,9-10,12H2,1-2H3,(H,22,28). The van der Waals surface area contributed by atoms with E-state index < -0.39 is 0 Å². The zero-order valence-electron chi connectivity index (χ0n) is 17.1. The molecule has 1 aliphatic rings. The van der Waals surface area contributed by atoms with Gasteiger partial charge in [0.25, 0.3) is 0 Å². The fourth-order valence-corrected chi connectivity index (χ4v) is 3.31. The third kappa shape index (κ3) is 4.25. The van der Waals surface area contributed by atoms with Crippen LogP contribution in [0, 0.1) is 0 Å². The molecule has 1 N–H and O–H groups in total. The van der Waals surface area contributed by atoms with Gasteiger partial charge in [-0.15, -0.1) is 5.10 Å². The van der Waals surface area contributed by atoms with E-state index in [2.05, 4.69) is 20.8 Å². The minimum absolute atomic E-state index is 0.0443. The van der Waals surface area contributed by atoms with E-state index in [1.54, 1.807) is 61.6 Å². The summed E-state index contributed by atoms with van der Waals surface area (Å²) in [6, 6.07) is 12.1. The predicted octanol–water partition coefficient (Wildman–Crippen LogP) is 1.56. The smallest absolute Gasteiger partial charge is 0.325 e. The first-order chi connectivity index (χ1) is 15.1.